The largest absolute Gasteiger partial charge is 0.326 e. The van der Waals surface area contributed by atoms with Crippen LogP contribution in [0.2, 0.25) is 0 Å². The van der Waals surface area contributed by atoms with Gasteiger partial charge in [0, 0.05) is 23.4 Å². The van der Waals surface area contributed by atoms with Crippen molar-refractivity contribution >= 4 is 11.6 Å². The van der Waals surface area contributed by atoms with Gasteiger partial charge in [-0.2, -0.15) is 0 Å². The monoisotopic (exact) mass is 285 g/mol. The van der Waals surface area contributed by atoms with Gasteiger partial charge in [-0.25, -0.2) is 4.98 Å². The molecule has 21 heavy (non-hydrogen) atoms. The van der Waals surface area contributed by atoms with Crippen molar-refractivity contribution in [2.45, 2.75) is 33.6 Å². The quantitative estimate of drug-likeness (QED) is 0.905. The van der Waals surface area contributed by atoms with Gasteiger partial charge in [-0.15, -0.1) is 0 Å². The zero-order chi connectivity index (χ0) is 15.4. The Hall–Kier alpha value is -2.43. The molecule has 5 heteroatoms. The van der Waals surface area contributed by atoms with Gasteiger partial charge in [-0.3, -0.25) is 9.59 Å². The molecule has 1 aromatic carbocycles. The summed E-state index contributed by atoms with van der Waals surface area (Å²) in [5.41, 5.74) is 2.99. The third-order valence-electron chi connectivity index (χ3n) is 3.28. The van der Waals surface area contributed by atoms with Crippen molar-refractivity contribution in [3.05, 3.63) is 57.3 Å². The van der Waals surface area contributed by atoms with Crippen molar-refractivity contribution in [3.8, 4) is 0 Å². The van der Waals surface area contributed by atoms with Gasteiger partial charge in [0.05, 0.1) is 0 Å². The van der Waals surface area contributed by atoms with Gasteiger partial charge in [0.1, 0.15) is 5.82 Å². The fourth-order valence-corrected chi connectivity index (χ4v) is 2.14. The maximum absolute atomic E-state index is 11.9. The zero-order valence-corrected chi connectivity index (χ0v) is 12.5. The Labute approximate surface area is 123 Å². The second kappa shape index (κ2) is 6.35. The number of amides is 1. The highest BCUT2D eigenvalue weighted by atomic mass is 16.1. The number of aromatic nitrogens is 2. The van der Waals surface area contributed by atoms with Crippen LogP contribution in [0.1, 0.15) is 29.1 Å². The Kier molecular flexibility index (Phi) is 4.52. The first kappa shape index (κ1) is 15.0. The second-order valence-electron chi connectivity index (χ2n) is 5.13. The van der Waals surface area contributed by atoms with Crippen LogP contribution in [-0.4, -0.2) is 15.9 Å². The van der Waals surface area contributed by atoms with Crippen molar-refractivity contribution in [2.75, 3.05) is 5.32 Å². The fourth-order valence-electron chi connectivity index (χ4n) is 2.14. The zero-order valence-electron chi connectivity index (χ0n) is 12.5. The van der Waals surface area contributed by atoms with Crippen molar-refractivity contribution in [2.24, 2.45) is 0 Å². The van der Waals surface area contributed by atoms with E-state index in [4.69, 9.17) is 0 Å². The molecule has 0 aliphatic heterocycles. The molecule has 0 saturated heterocycles. The highest BCUT2D eigenvalue weighted by Crippen LogP contribution is 2.10. The standard InChI is InChI=1S/C16H19N3O2/c1-10-4-6-13(7-5-10)19-15(20)9-8-14-11(2)17-12(3)18-16(14)21/h4-7H,8-9H2,1-3H3,(H,19,20)(H,17,18,21). The summed E-state index contributed by atoms with van der Waals surface area (Å²) in [6, 6.07) is 7.60. The summed E-state index contributed by atoms with van der Waals surface area (Å²) in [6.45, 7) is 5.52. The minimum atomic E-state index is -0.164. The number of hydrogen-bond donors (Lipinski definition) is 2. The summed E-state index contributed by atoms with van der Waals surface area (Å²) in [7, 11) is 0. The number of benzene rings is 1. The SMILES string of the molecule is Cc1ccc(NC(=O)CCc2c(C)nc(C)[nH]c2=O)cc1. The average Bonchev–Trinajstić information content (AvgIpc) is 2.40. The highest BCUT2D eigenvalue weighted by Gasteiger charge is 2.09. The number of aryl methyl sites for hydroxylation is 3. The van der Waals surface area contributed by atoms with E-state index in [9.17, 15) is 9.59 Å². The summed E-state index contributed by atoms with van der Waals surface area (Å²) in [4.78, 5) is 30.6. The Morgan fingerprint density at radius 2 is 1.86 bits per heavy atom. The number of H-pyrrole nitrogens is 1. The molecule has 1 heterocycles. The number of rotatable bonds is 4. The number of aromatic amines is 1. The Morgan fingerprint density at radius 1 is 1.19 bits per heavy atom. The van der Waals surface area contributed by atoms with Crippen molar-refractivity contribution < 1.29 is 4.79 Å². The summed E-state index contributed by atoms with van der Waals surface area (Å²) >= 11 is 0. The second-order valence-corrected chi connectivity index (χ2v) is 5.13. The van der Waals surface area contributed by atoms with Crippen molar-refractivity contribution in [1.29, 1.82) is 0 Å². The molecule has 0 spiro atoms. The molecule has 1 amide bonds. The highest BCUT2D eigenvalue weighted by molar-refractivity contribution is 5.90. The Bertz CT molecular complexity index is 702. The lowest BCUT2D eigenvalue weighted by Crippen LogP contribution is -2.20. The third kappa shape index (κ3) is 4.02. The van der Waals surface area contributed by atoms with Gasteiger partial charge in [-0.05, 0) is 39.3 Å². The molecule has 2 aromatic rings. The van der Waals surface area contributed by atoms with E-state index < -0.39 is 0 Å². The van der Waals surface area contributed by atoms with Gasteiger partial charge in [0.15, 0.2) is 0 Å². The fraction of sp³-hybridized carbons (Fsp3) is 0.312. The third-order valence-corrected chi connectivity index (χ3v) is 3.28. The average molecular weight is 285 g/mol. The summed E-state index contributed by atoms with van der Waals surface area (Å²) < 4.78 is 0. The molecule has 0 saturated carbocycles. The van der Waals surface area contributed by atoms with E-state index in [1.54, 1.807) is 13.8 Å². The van der Waals surface area contributed by atoms with E-state index in [-0.39, 0.29) is 17.9 Å². The number of nitrogens with zero attached hydrogens (tertiary/aromatic N) is 1. The minimum Gasteiger partial charge on any atom is -0.326 e. The first-order valence-electron chi connectivity index (χ1n) is 6.88. The van der Waals surface area contributed by atoms with Gasteiger partial charge in [0.25, 0.3) is 5.56 Å². The predicted octanol–water partition coefficient (Wildman–Crippen LogP) is 2.27. The molecule has 0 aliphatic carbocycles. The number of hydrogen-bond acceptors (Lipinski definition) is 3. The van der Waals surface area contributed by atoms with Crippen LogP contribution in [0.5, 0.6) is 0 Å². The molecule has 5 nitrogen and oxygen atoms in total. The summed E-state index contributed by atoms with van der Waals surface area (Å²) in [6.07, 6.45) is 0.634. The summed E-state index contributed by atoms with van der Waals surface area (Å²) in [5.74, 6) is 0.476. The first-order valence-corrected chi connectivity index (χ1v) is 6.88. The van der Waals surface area contributed by atoms with Crippen molar-refractivity contribution in [3.63, 3.8) is 0 Å². The van der Waals surface area contributed by atoms with E-state index in [0.717, 1.165) is 11.3 Å². The number of anilines is 1. The molecular formula is C16H19N3O2. The van der Waals surface area contributed by atoms with E-state index >= 15 is 0 Å². The molecule has 0 atom stereocenters. The van der Waals surface area contributed by atoms with Crippen LogP contribution in [0.3, 0.4) is 0 Å². The molecule has 0 bridgehead atoms. The molecule has 0 aliphatic rings. The number of carbonyl (C=O) groups excluding carboxylic acids is 1. The molecular weight excluding hydrogens is 266 g/mol. The van der Waals surface area contributed by atoms with Crippen LogP contribution in [0, 0.1) is 20.8 Å². The molecule has 1 aromatic heterocycles. The van der Waals surface area contributed by atoms with Gasteiger partial charge >= 0.3 is 0 Å². The van der Waals surface area contributed by atoms with E-state index in [1.807, 2.05) is 31.2 Å². The molecule has 0 radical (unpaired) electrons. The molecule has 0 fully saturated rings. The van der Waals surface area contributed by atoms with Crippen LogP contribution in [0.25, 0.3) is 0 Å². The van der Waals surface area contributed by atoms with Crippen molar-refractivity contribution in [1.82, 2.24) is 9.97 Å². The summed E-state index contributed by atoms with van der Waals surface area (Å²) in [5, 5.41) is 2.82. The predicted molar refractivity (Wildman–Crippen MR) is 82.5 cm³/mol. The molecule has 2 rings (SSSR count). The normalized spacial score (nSPS) is 10.4. The Morgan fingerprint density at radius 3 is 2.48 bits per heavy atom. The van der Waals surface area contributed by atoms with E-state index in [1.165, 1.54) is 0 Å². The van der Waals surface area contributed by atoms with Gasteiger partial charge in [0.2, 0.25) is 5.91 Å². The number of carbonyl (C=O) groups is 1. The topological polar surface area (TPSA) is 74.8 Å². The van der Waals surface area contributed by atoms with Crippen LogP contribution in [0.4, 0.5) is 5.69 Å². The van der Waals surface area contributed by atoms with Crippen LogP contribution < -0.4 is 10.9 Å². The van der Waals surface area contributed by atoms with Gasteiger partial charge in [-0.1, -0.05) is 17.7 Å². The van der Waals surface area contributed by atoms with Crippen LogP contribution in [0.15, 0.2) is 29.1 Å². The van der Waals surface area contributed by atoms with Crippen LogP contribution in [-0.2, 0) is 11.2 Å². The maximum Gasteiger partial charge on any atom is 0.254 e. The smallest absolute Gasteiger partial charge is 0.254 e. The molecule has 110 valence electrons. The molecule has 0 unspecified atom stereocenters. The first-order chi connectivity index (χ1) is 9.95. The van der Waals surface area contributed by atoms with Gasteiger partial charge < -0.3 is 10.3 Å². The lowest BCUT2D eigenvalue weighted by atomic mass is 10.1. The lowest BCUT2D eigenvalue weighted by molar-refractivity contribution is -0.116. The minimum absolute atomic E-state index is 0.113. The lowest BCUT2D eigenvalue weighted by Gasteiger charge is -2.07. The molecule has 2 N–H and O–H groups in total. The van der Waals surface area contributed by atoms with Crippen LogP contribution >= 0.6 is 0 Å². The van der Waals surface area contributed by atoms with E-state index in [0.29, 0.717) is 23.5 Å². The maximum atomic E-state index is 11.9. The number of nitrogens with one attached hydrogen (secondary N) is 2. The van der Waals surface area contributed by atoms with E-state index in [2.05, 4.69) is 15.3 Å². The Balaban J connectivity index is 1.98.